The van der Waals surface area contributed by atoms with E-state index in [9.17, 15) is 0 Å². The maximum Gasteiger partial charge on any atom is 0.136 e. The van der Waals surface area contributed by atoms with Crippen LogP contribution in [0.4, 0.5) is 5.82 Å². The number of nitrogens with one attached hydrogen (secondary N) is 1. The summed E-state index contributed by atoms with van der Waals surface area (Å²) in [7, 11) is 0. The van der Waals surface area contributed by atoms with E-state index in [0.717, 1.165) is 28.6 Å². The van der Waals surface area contributed by atoms with Crippen LogP contribution in [0.25, 0.3) is 10.9 Å². The molecule has 2 aromatic heterocycles. The number of pyridine rings is 1. The van der Waals surface area contributed by atoms with Gasteiger partial charge in [0.2, 0.25) is 0 Å². The van der Waals surface area contributed by atoms with Gasteiger partial charge in [-0.1, -0.05) is 30.4 Å². The first-order valence-corrected chi connectivity index (χ1v) is 7.11. The van der Waals surface area contributed by atoms with E-state index in [1.54, 1.807) is 6.26 Å². The van der Waals surface area contributed by atoms with Crippen LogP contribution in [0.1, 0.15) is 11.3 Å². The monoisotopic (exact) mass is 297 g/mol. The summed E-state index contributed by atoms with van der Waals surface area (Å²) in [5.41, 5.74) is 7.49. The van der Waals surface area contributed by atoms with E-state index in [0.29, 0.717) is 17.4 Å². The van der Waals surface area contributed by atoms with Crippen molar-refractivity contribution in [3.8, 4) is 0 Å². The van der Waals surface area contributed by atoms with Crippen molar-refractivity contribution in [3.63, 3.8) is 0 Å². The maximum absolute atomic E-state index is 5.80. The largest absolute Gasteiger partial charge is 0.469 e. The second-order valence-electron chi connectivity index (χ2n) is 4.70. The summed E-state index contributed by atoms with van der Waals surface area (Å²) in [6.07, 6.45) is 2.45. The summed E-state index contributed by atoms with van der Waals surface area (Å²) < 4.78 is 5.31. The van der Waals surface area contributed by atoms with Crippen molar-refractivity contribution in [1.82, 2.24) is 4.98 Å². The molecule has 0 bridgehead atoms. The van der Waals surface area contributed by atoms with Crippen LogP contribution in [0.3, 0.4) is 0 Å². The lowest BCUT2D eigenvalue weighted by Crippen LogP contribution is -2.16. The fraction of sp³-hybridized carbons (Fsp3) is 0.125. The second-order valence-corrected chi connectivity index (χ2v) is 5.14. The number of anilines is 1. The summed E-state index contributed by atoms with van der Waals surface area (Å²) in [6, 6.07) is 13.7. The van der Waals surface area contributed by atoms with Gasteiger partial charge in [-0.05, 0) is 24.3 Å². The number of hydrogen-bond acceptors (Lipinski definition) is 4. The van der Waals surface area contributed by atoms with Crippen LogP contribution < -0.4 is 11.1 Å². The molecule has 0 aliphatic rings. The fourth-order valence-electron chi connectivity index (χ4n) is 2.20. The molecule has 0 radical (unpaired) electrons. The molecule has 1 aromatic carbocycles. The molecule has 0 saturated heterocycles. The Morgan fingerprint density at radius 3 is 2.86 bits per heavy atom. The highest BCUT2D eigenvalue weighted by Gasteiger charge is 2.09. The number of para-hydroxylation sites is 1. The predicted octanol–water partition coefficient (Wildman–Crippen LogP) is 3.12. The van der Waals surface area contributed by atoms with E-state index in [-0.39, 0.29) is 0 Å². The van der Waals surface area contributed by atoms with Crippen LogP contribution in [0, 0.1) is 0 Å². The predicted molar refractivity (Wildman–Crippen MR) is 88.5 cm³/mol. The Kier molecular flexibility index (Phi) is 3.83. The Morgan fingerprint density at radius 1 is 1.24 bits per heavy atom. The van der Waals surface area contributed by atoms with Crippen LogP contribution >= 0.6 is 12.2 Å². The molecule has 0 aliphatic heterocycles. The first-order valence-electron chi connectivity index (χ1n) is 6.70. The average Bonchev–Trinajstić information content (AvgIpc) is 2.99. The molecule has 0 amide bonds. The number of hydrogen-bond donors (Lipinski definition) is 2. The molecule has 21 heavy (non-hydrogen) atoms. The highest BCUT2D eigenvalue weighted by atomic mass is 32.1. The first kappa shape index (κ1) is 13.6. The normalized spacial score (nSPS) is 10.7. The third-order valence-corrected chi connectivity index (χ3v) is 3.45. The topological polar surface area (TPSA) is 64.1 Å². The molecular formula is C16H15N3OS. The summed E-state index contributed by atoms with van der Waals surface area (Å²) >= 11 is 5.12. The Bertz CT molecular complexity index is 768. The van der Waals surface area contributed by atoms with Gasteiger partial charge >= 0.3 is 0 Å². The molecule has 0 unspecified atom stereocenters. The van der Waals surface area contributed by atoms with Gasteiger partial charge in [0, 0.05) is 18.4 Å². The van der Waals surface area contributed by atoms with Crippen molar-refractivity contribution in [2.24, 2.45) is 5.73 Å². The van der Waals surface area contributed by atoms with Crippen LogP contribution in [-0.2, 0) is 6.42 Å². The van der Waals surface area contributed by atoms with Crippen molar-refractivity contribution < 1.29 is 4.42 Å². The maximum atomic E-state index is 5.80. The van der Waals surface area contributed by atoms with Gasteiger partial charge in [0.05, 0.1) is 17.3 Å². The molecule has 3 aromatic rings. The number of nitrogens with two attached hydrogens (primary N) is 1. The quantitative estimate of drug-likeness (QED) is 0.708. The Labute approximate surface area is 128 Å². The molecule has 0 aliphatic carbocycles. The van der Waals surface area contributed by atoms with Gasteiger partial charge in [-0.3, -0.25) is 0 Å². The molecule has 0 spiro atoms. The lowest BCUT2D eigenvalue weighted by molar-refractivity contribution is 0.513. The minimum Gasteiger partial charge on any atom is -0.469 e. The third-order valence-electron chi connectivity index (χ3n) is 3.23. The zero-order chi connectivity index (χ0) is 14.7. The highest BCUT2D eigenvalue weighted by molar-refractivity contribution is 7.80. The molecule has 3 N–H and O–H groups in total. The number of rotatable bonds is 5. The van der Waals surface area contributed by atoms with Gasteiger partial charge in [-0.2, -0.15) is 0 Å². The van der Waals surface area contributed by atoms with Crippen molar-refractivity contribution >= 4 is 33.9 Å². The van der Waals surface area contributed by atoms with Crippen LogP contribution in [0.5, 0.6) is 0 Å². The Balaban J connectivity index is 1.85. The SMILES string of the molecule is NC(=S)c1cc2ccccc2nc1NCCc1ccco1. The van der Waals surface area contributed by atoms with E-state index in [2.05, 4.69) is 10.3 Å². The molecule has 106 valence electrons. The molecule has 0 saturated carbocycles. The highest BCUT2D eigenvalue weighted by Crippen LogP contribution is 2.20. The molecule has 5 heteroatoms. The van der Waals surface area contributed by atoms with Gasteiger partial charge in [-0.25, -0.2) is 4.98 Å². The molecule has 2 heterocycles. The van der Waals surface area contributed by atoms with E-state index in [4.69, 9.17) is 22.4 Å². The van der Waals surface area contributed by atoms with E-state index in [1.165, 1.54) is 0 Å². The second kappa shape index (κ2) is 5.93. The summed E-state index contributed by atoms with van der Waals surface area (Å²) in [6.45, 7) is 0.703. The van der Waals surface area contributed by atoms with E-state index >= 15 is 0 Å². The minimum atomic E-state index is 0.341. The minimum absolute atomic E-state index is 0.341. The van der Waals surface area contributed by atoms with Crippen molar-refractivity contribution in [3.05, 3.63) is 60.1 Å². The number of nitrogens with zero attached hydrogens (tertiary/aromatic N) is 1. The van der Waals surface area contributed by atoms with E-state index in [1.807, 2.05) is 42.5 Å². The lowest BCUT2D eigenvalue weighted by Gasteiger charge is -2.11. The lowest BCUT2D eigenvalue weighted by atomic mass is 10.1. The third kappa shape index (κ3) is 3.03. The van der Waals surface area contributed by atoms with Gasteiger partial charge in [0.15, 0.2) is 0 Å². The van der Waals surface area contributed by atoms with E-state index < -0.39 is 0 Å². The van der Waals surface area contributed by atoms with Gasteiger partial charge in [-0.15, -0.1) is 0 Å². The Morgan fingerprint density at radius 2 is 2.10 bits per heavy atom. The first-order chi connectivity index (χ1) is 10.2. The van der Waals surface area contributed by atoms with Gasteiger partial charge in [0.25, 0.3) is 0 Å². The average molecular weight is 297 g/mol. The summed E-state index contributed by atoms with van der Waals surface area (Å²) in [4.78, 5) is 4.95. The zero-order valence-corrected chi connectivity index (χ0v) is 12.2. The smallest absolute Gasteiger partial charge is 0.136 e. The van der Waals surface area contributed by atoms with Crippen LogP contribution in [0.15, 0.2) is 53.1 Å². The summed E-state index contributed by atoms with van der Waals surface area (Å²) in [5.74, 6) is 1.65. The van der Waals surface area contributed by atoms with Crippen LogP contribution in [-0.4, -0.2) is 16.5 Å². The molecule has 0 fully saturated rings. The molecular weight excluding hydrogens is 282 g/mol. The fourth-order valence-corrected chi connectivity index (χ4v) is 2.35. The Hall–Kier alpha value is -2.40. The number of furan rings is 1. The molecule has 3 rings (SSSR count). The van der Waals surface area contributed by atoms with Crippen molar-refractivity contribution in [2.75, 3.05) is 11.9 Å². The number of fused-ring (bicyclic) bond motifs is 1. The standard InChI is InChI=1S/C16H15N3OS/c17-15(21)13-10-11-4-1-2-6-14(11)19-16(13)18-8-7-12-5-3-9-20-12/h1-6,9-10H,7-8H2,(H2,17,21)(H,18,19). The number of thiocarbonyl (C=S) groups is 1. The molecule has 0 atom stereocenters. The zero-order valence-electron chi connectivity index (χ0n) is 11.4. The number of aromatic nitrogens is 1. The van der Waals surface area contributed by atoms with Crippen LogP contribution in [0.2, 0.25) is 0 Å². The molecule has 4 nitrogen and oxygen atoms in total. The summed E-state index contributed by atoms with van der Waals surface area (Å²) in [5, 5.41) is 4.31. The number of benzene rings is 1. The van der Waals surface area contributed by atoms with Gasteiger partial charge in [0.1, 0.15) is 16.6 Å². The van der Waals surface area contributed by atoms with Gasteiger partial charge < -0.3 is 15.5 Å². The van der Waals surface area contributed by atoms with Crippen molar-refractivity contribution in [2.45, 2.75) is 6.42 Å². The van der Waals surface area contributed by atoms with Crippen molar-refractivity contribution in [1.29, 1.82) is 0 Å².